The lowest BCUT2D eigenvalue weighted by Crippen LogP contribution is -2.56. The summed E-state index contributed by atoms with van der Waals surface area (Å²) in [6.07, 6.45) is 5.19. The van der Waals surface area contributed by atoms with Gasteiger partial charge in [-0.15, -0.1) is 0 Å². The van der Waals surface area contributed by atoms with Crippen LogP contribution in [0, 0.1) is 11.3 Å². The number of aryl methyl sites for hydroxylation is 1. The fourth-order valence-corrected chi connectivity index (χ4v) is 6.09. The van der Waals surface area contributed by atoms with Crippen molar-refractivity contribution in [3.05, 3.63) is 101 Å². The predicted molar refractivity (Wildman–Crippen MR) is 189 cm³/mol. The van der Waals surface area contributed by atoms with E-state index in [1.54, 1.807) is 32.9 Å². The number of alkyl carbamates (subject to hydrolysis) is 1. The first-order valence-electron chi connectivity index (χ1n) is 16.9. The number of rotatable bonds is 21. The van der Waals surface area contributed by atoms with Crippen LogP contribution in [0.2, 0.25) is 0 Å². The molecule has 49 heavy (non-hydrogen) atoms. The van der Waals surface area contributed by atoms with E-state index in [1.807, 2.05) is 66.7 Å². The van der Waals surface area contributed by atoms with Crippen LogP contribution in [0.15, 0.2) is 78.9 Å². The second kappa shape index (κ2) is 20.1. The number of carbonyl (C=O) groups excluding carboxylic acids is 1. The van der Waals surface area contributed by atoms with Crippen molar-refractivity contribution in [2.45, 2.75) is 97.0 Å². The SMILES string of the molecule is CCCCCCCOc1ccc(CCC(CO)(COP(=O)(OCc2ccccc2)OCc2ccccc2)NC(=O)OC(C)(C)C)cc1C#N. The molecule has 10 nitrogen and oxygen atoms in total. The number of phosphoric acid groups is 1. The molecule has 0 aliphatic carbocycles. The molecule has 0 fully saturated rings. The predicted octanol–water partition coefficient (Wildman–Crippen LogP) is 8.65. The average molecular weight is 695 g/mol. The monoisotopic (exact) mass is 694 g/mol. The Bertz CT molecular complexity index is 1460. The van der Waals surface area contributed by atoms with Crippen LogP contribution in [0.5, 0.6) is 5.75 Å². The molecule has 0 radical (unpaired) electrons. The normalized spacial score (nSPS) is 12.9. The first-order chi connectivity index (χ1) is 23.5. The van der Waals surface area contributed by atoms with Crippen LogP contribution < -0.4 is 10.1 Å². The van der Waals surface area contributed by atoms with E-state index in [1.165, 1.54) is 12.8 Å². The van der Waals surface area contributed by atoms with Gasteiger partial charge in [-0.25, -0.2) is 9.36 Å². The minimum Gasteiger partial charge on any atom is -0.492 e. The Morgan fingerprint density at radius 1 is 0.857 bits per heavy atom. The van der Waals surface area contributed by atoms with E-state index >= 15 is 0 Å². The summed E-state index contributed by atoms with van der Waals surface area (Å²) in [5, 5.41) is 23.3. The number of phosphoric ester groups is 1. The average Bonchev–Trinajstić information content (AvgIpc) is 3.09. The molecule has 0 bridgehead atoms. The molecular weight excluding hydrogens is 643 g/mol. The highest BCUT2D eigenvalue weighted by Gasteiger charge is 2.38. The highest BCUT2D eigenvalue weighted by Crippen LogP contribution is 2.51. The third-order valence-electron chi connectivity index (χ3n) is 7.59. The van der Waals surface area contributed by atoms with Gasteiger partial charge in [-0.2, -0.15) is 5.26 Å². The van der Waals surface area contributed by atoms with E-state index in [0.29, 0.717) is 24.3 Å². The van der Waals surface area contributed by atoms with Gasteiger partial charge in [-0.3, -0.25) is 13.6 Å². The Morgan fingerprint density at radius 3 is 2.02 bits per heavy atom. The Balaban J connectivity index is 1.79. The molecule has 1 atom stereocenters. The molecule has 2 N–H and O–H groups in total. The van der Waals surface area contributed by atoms with Crippen LogP contribution in [0.25, 0.3) is 0 Å². The van der Waals surface area contributed by atoms with Gasteiger partial charge in [0.1, 0.15) is 17.4 Å². The van der Waals surface area contributed by atoms with Gasteiger partial charge >= 0.3 is 13.9 Å². The second-order valence-corrected chi connectivity index (χ2v) is 14.7. The summed E-state index contributed by atoms with van der Waals surface area (Å²) in [4.78, 5) is 13.0. The summed E-state index contributed by atoms with van der Waals surface area (Å²) < 4.78 is 42.9. The third kappa shape index (κ3) is 14.7. The number of carbonyl (C=O) groups is 1. The van der Waals surface area contributed by atoms with Crippen molar-refractivity contribution in [1.29, 1.82) is 5.26 Å². The molecule has 1 amide bonds. The van der Waals surface area contributed by atoms with Gasteiger partial charge in [0.05, 0.1) is 44.1 Å². The molecule has 0 saturated heterocycles. The van der Waals surface area contributed by atoms with Gasteiger partial charge < -0.3 is 19.9 Å². The van der Waals surface area contributed by atoms with E-state index in [0.717, 1.165) is 36.0 Å². The zero-order chi connectivity index (χ0) is 35.6. The van der Waals surface area contributed by atoms with Gasteiger partial charge in [0.25, 0.3) is 0 Å². The van der Waals surface area contributed by atoms with Crippen LogP contribution in [-0.2, 0) is 42.5 Å². The maximum Gasteiger partial charge on any atom is 0.475 e. The summed E-state index contributed by atoms with van der Waals surface area (Å²) >= 11 is 0. The number of nitrogens with zero attached hydrogens (tertiary/aromatic N) is 1. The maximum atomic E-state index is 14.0. The number of aliphatic hydroxyl groups excluding tert-OH is 1. The number of amides is 1. The summed E-state index contributed by atoms with van der Waals surface area (Å²) in [7, 11) is -4.24. The van der Waals surface area contributed by atoms with Gasteiger partial charge in [0, 0.05) is 0 Å². The van der Waals surface area contributed by atoms with E-state index < -0.39 is 38.3 Å². The lowest BCUT2D eigenvalue weighted by molar-refractivity contribution is 0.0208. The zero-order valence-electron chi connectivity index (χ0n) is 29.2. The Labute approximate surface area is 291 Å². The molecule has 0 aliphatic rings. The Kier molecular flexibility index (Phi) is 16.3. The standard InChI is InChI=1S/C38H51N2O8P/c1-5-6-7-8-15-24-44-35-21-20-31(25-34(35)26-39)22-23-38(29-41,40-36(42)48-37(2,3)4)30-47-49(43,45-27-32-16-11-9-12-17-32)46-28-33-18-13-10-14-19-33/h9-14,16-21,25,41H,5-8,15,22-24,27-30H2,1-4H3,(H,40,42). The van der Waals surface area contributed by atoms with E-state index in [2.05, 4.69) is 18.3 Å². The van der Waals surface area contributed by atoms with E-state index in [4.69, 9.17) is 23.0 Å². The van der Waals surface area contributed by atoms with Gasteiger partial charge in [-0.1, -0.05) is 99.3 Å². The van der Waals surface area contributed by atoms with Crippen molar-refractivity contribution >= 4 is 13.9 Å². The molecule has 0 saturated carbocycles. The number of ether oxygens (including phenoxy) is 2. The molecule has 266 valence electrons. The van der Waals surface area contributed by atoms with Crippen molar-refractivity contribution in [3.63, 3.8) is 0 Å². The van der Waals surface area contributed by atoms with Gasteiger partial charge in [0.15, 0.2) is 0 Å². The van der Waals surface area contributed by atoms with Crippen LogP contribution in [0.3, 0.4) is 0 Å². The van der Waals surface area contributed by atoms with Gasteiger partial charge in [0.2, 0.25) is 0 Å². The van der Waals surface area contributed by atoms with E-state index in [-0.39, 0.29) is 19.6 Å². The smallest absolute Gasteiger partial charge is 0.475 e. The second-order valence-electron chi connectivity index (χ2n) is 13.0. The summed E-state index contributed by atoms with van der Waals surface area (Å²) in [5.74, 6) is 0.512. The number of hydrogen-bond acceptors (Lipinski definition) is 9. The molecule has 0 heterocycles. The molecule has 0 spiro atoms. The lowest BCUT2D eigenvalue weighted by Gasteiger charge is -2.34. The number of nitrogens with one attached hydrogen (secondary N) is 1. The molecule has 11 heteroatoms. The minimum atomic E-state index is -4.24. The van der Waals surface area contributed by atoms with Crippen LogP contribution in [0.4, 0.5) is 4.79 Å². The maximum absolute atomic E-state index is 14.0. The topological polar surface area (TPSA) is 136 Å². The molecule has 0 aromatic heterocycles. The quantitative estimate of drug-likeness (QED) is 0.0829. The van der Waals surface area contributed by atoms with E-state index in [9.17, 15) is 19.7 Å². The highest BCUT2D eigenvalue weighted by molar-refractivity contribution is 7.48. The first-order valence-corrected chi connectivity index (χ1v) is 18.3. The van der Waals surface area contributed by atoms with Crippen molar-refractivity contribution < 1.29 is 37.5 Å². The highest BCUT2D eigenvalue weighted by atomic mass is 31.2. The molecule has 3 aromatic carbocycles. The van der Waals surface area contributed by atoms with Crippen molar-refractivity contribution in [2.75, 3.05) is 19.8 Å². The fourth-order valence-electron chi connectivity index (χ4n) is 4.84. The molecule has 0 aliphatic heterocycles. The van der Waals surface area contributed by atoms with Crippen LogP contribution >= 0.6 is 7.82 Å². The van der Waals surface area contributed by atoms with Crippen molar-refractivity contribution in [2.24, 2.45) is 0 Å². The number of nitriles is 1. The Morgan fingerprint density at radius 2 is 1.47 bits per heavy atom. The third-order valence-corrected chi connectivity index (χ3v) is 8.93. The van der Waals surface area contributed by atoms with Crippen molar-refractivity contribution in [1.82, 2.24) is 5.32 Å². The van der Waals surface area contributed by atoms with Gasteiger partial charge in [-0.05, 0) is 68.9 Å². The molecule has 3 rings (SSSR count). The number of unbranched alkanes of at least 4 members (excludes halogenated alkanes) is 4. The first kappa shape index (κ1) is 39.7. The van der Waals surface area contributed by atoms with Crippen molar-refractivity contribution in [3.8, 4) is 11.8 Å². The number of benzene rings is 3. The molecule has 3 aromatic rings. The molecule has 1 unspecified atom stereocenters. The fraction of sp³-hybridized carbons (Fsp3) is 0.474. The summed E-state index contributed by atoms with van der Waals surface area (Å²) in [5.41, 5.74) is 0.418. The lowest BCUT2D eigenvalue weighted by atomic mass is 9.92. The summed E-state index contributed by atoms with van der Waals surface area (Å²) in [6, 6.07) is 25.9. The Hall–Kier alpha value is -3.71. The van der Waals surface area contributed by atoms with Crippen LogP contribution in [0.1, 0.15) is 88.5 Å². The zero-order valence-corrected chi connectivity index (χ0v) is 30.1. The summed E-state index contributed by atoms with van der Waals surface area (Å²) in [6.45, 7) is 6.78. The minimum absolute atomic E-state index is 0.0530. The number of aliphatic hydroxyl groups is 1. The largest absolute Gasteiger partial charge is 0.492 e. The molecular formula is C38H51N2O8P. The van der Waals surface area contributed by atoms with Crippen LogP contribution in [-0.4, -0.2) is 42.2 Å². The number of hydrogen-bond donors (Lipinski definition) is 2.